The van der Waals surface area contributed by atoms with Crippen LogP contribution in [0.5, 0.6) is 5.75 Å². The molecule has 2 amide bonds. The highest BCUT2D eigenvalue weighted by atomic mass is 35.5. The summed E-state index contributed by atoms with van der Waals surface area (Å²) in [6.45, 7) is -0.0537. The first-order chi connectivity index (χ1) is 11.0. The van der Waals surface area contributed by atoms with Gasteiger partial charge in [0.1, 0.15) is 18.2 Å². The fourth-order valence-electron chi connectivity index (χ4n) is 2.96. The van der Waals surface area contributed by atoms with E-state index in [0.29, 0.717) is 12.8 Å². The molecule has 2 atom stereocenters. The molecule has 6 heteroatoms. The molecule has 0 spiro atoms. The summed E-state index contributed by atoms with van der Waals surface area (Å²) in [5.41, 5.74) is -0.147. The van der Waals surface area contributed by atoms with Crippen LogP contribution < -0.4 is 9.64 Å². The second kappa shape index (κ2) is 6.05. The van der Waals surface area contributed by atoms with E-state index in [2.05, 4.69) is 5.92 Å². The molecule has 4 nitrogen and oxygen atoms in total. The maximum absolute atomic E-state index is 14.3. The van der Waals surface area contributed by atoms with Gasteiger partial charge in [-0.15, -0.1) is 6.42 Å². The number of ether oxygens (including phenoxy) is 1. The van der Waals surface area contributed by atoms with Gasteiger partial charge in [0, 0.05) is 6.07 Å². The van der Waals surface area contributed by atoms with Gasteiger partial charge in [-0.3, -0.25) is 9.59 Å². The Hall–Kier alpha value is -2.32. The zero-order valence-electron chi connectivity index (χ0n) is 12.1. The van der Waals surface area contributed by atoms with E-state index < -0.39 is 29.5 Å². The number of amides is 2. The van der Waals surface area contributed by atoms with Gasteiger partial charge in [-0.2, -0.15) is 0 Å². The molecule has 118 valence electrons. The standard InChI is InChI=1S/C17H13ClFNO3/c1-2-7-23-15-9-14(13(19)8-12(15)18)20-16(21)10-5-3-4-6-11(10)17(20)22/h1,3-4,8-11H,5-7H2/t10-,11+. The maximum atomic E-state index is 14.3. The largest absolute Gasteiger partial charge is 0.479 e. The summed E-state index contributed by atoms with van der Waals surface area (Å²) in [5, 5.41) is 0.0275. The van der Waals surface area contributed by atoms with Crippen molar-refractivity contribution in [1.82, 2.24) is 0 Å². The maximum Gasteiger partial charge on any atom is 0.238 e. The smallest absolute Gasteiger partial charge is 0.238 e. The lowest BCUT2D eigenvalue weighted by molar-refractivity contribution is -0.122. The predicted molar refractivity (Wildman–Crippen MR) is 83.6 cm³/mol. The van der Waals surface area contributed by atoms with Gasteiger partial charge in [0.25, 0.3) is 0 Å². The highest BCUT2D eigenvalue weighted by molar-refractivity contribution is 6.32. The van der Waals surface area contributed by atoms with Crippen LogP contribution in [0.2, 0.25) is 5.02 Å². The first-order valence-electron chi connectivity index (χ1n) is 7.12. The van der Waals surface area contributed by atoms with Crippen LogP contribution in [0.3, 0.4) is 0 Å². The van der Waals surface area contributed by atoms with Crippen LogP contribution in [-0.4, -0.2) is 18.4 Å². The highest BCUT2D eigenvalue weighted by Crippen LogP contribution is 2.40. The number of benzene rings is 1. The summed E-state index contributed by atoms with van der Waals surface area (Å²) in [5.74, 6) is 0.0000791. The number of rotatable bonds is 3. The molecule has 0 aromatic heterocycles. The molecule has 1 aliphatic heterocycles. The van der Waals surface area contributed by atoms with E-state index in [1.807, 2.05) is 12.2 Å². The summed E-state index contributed by atoms with van der Waals surface area (Å²) >= 11 is 5.91. The third-order valence-corrected chi connectivity index (χ3v) is 4.36. The number of allylic oxidation sites excluding steroid dienone is 2. The quantitative estimate of drug-likeness (QED) is 0.485. The minimum Gasteiger partial charge on any atom is -0.479 e. The number of terminal acetylenes is 1. The molecular formula is C17H13ClFNO3. The lowest BCUT2D eigenvalue weighted by Crippen LogP contribution is -2.31. The zero-order valence-corrected chi connectivity index (χ0v) is 12.8. The van der Waals surface area contributed by atoms with Gasteiger partial charge in [0.2, 0.25) is 11.8 Å². The topological polar surface area (TPSA) is 46.6 Å². The first-order valence-corrected chi connectivity index (χ1v) is 7.50. The summed E-state index contributed by atoms with van der Waals surface area (Å²) in [4.78, 5) is 25.9. The Labute approximate surface area is 137 Å². The van der Waals surface area contributed by atoms with E-state index in [0.717, 1.165) is 11.0 Å². The molecule has 0 unspecified atom stereocenters. The van der Waals surface area contributed by atoms with Crippen LogP contribution in [-0.2, 0) is 9.59 Å². The van der Waals surface area contributed by atoms with E-state index >= 15 is 0 Å². The first kappa shape index (κ1) is 15.6. The number of nitrogens with zero attached hydrogens (tertiary/aromatic N) is 1. The van der Waals surface area contributed by atoms with Gasteiger partial charge < -0.3 is 4.74 Å². The Morgan fingerprint density at radius 2 is 1.87 bits per heavy atom. The molecule has 0 bridgehead atoms. The predicted octanol–water partition coefficient (Wildman–Crippen LogP) is 2.95. The van der Waals surface area contributed by atoms with E-state index in [4.69, 9.17) is 22.8 Å². The summed E-state index contributed by atoms with van der Waals surface area (Å²) in [6.07, 6.45) is 9.84. The third kappa shape index (κ3) is 2.60. The van der Waals surface area contributed by atoms with Crippen LogP contribution in [0.1, 0.15) is 12.8 Å². The van der Waals surface area contributed by atoms with Crippen LogP contribution >= 0.6 is 11.6 Å². The van der Waals surface area contributed by atoms with Crippen molar-refractivity contribution in [3.63, 3.8) is 0 Å². The SMILES string of the molecule is C#CCOc1cc(N2C(=O)[C@H]3CC=CC[C@H]3C2=O)c(F)cc1Cl. The zero-order chi connectivity index (χ0) is 16.6. The van der Waals surface area contributed by atoms with Gasteiger partial charge in [-0.25, -0.2) is 9.29 Å². The lowest BCUT2D eigenvalue weighted by atomic mass is 9.85. The Morgan fingerprint density at radius 1 is 1.26 bits per heavy atom. The van der Waals surface area contributed by atoms with Gasteiger partial charge in [0.15, 0.2) is 0 Å². The van der Waals surface area contributed by atoms with Gasteiger partial charge >= 0.3 is 0 Å². The minimum atomic E-state index is -0.753. The van der Waals surface area contributed by atoms with Gasteiger partial charge in [-0.1, -0.05) is 29.7 Å². The third-order valence-electron chi connectivity index (χ3n) is 4.06. The van der Waals surface area contributed by atoms with Crippen molar-refractivity contribution in [2.24, 2.45) is 11.8 Å². The van der Waals surface area contributed by atoms with E-state index in [9.17, 15) is 14.0 Å². The highest BCUT2D eigenvalue weighted by Gasteiger charge is 2.48. The molecule has 2 aliphatic rings. The Balaban J connectivity index is 2.00. The fraction of sp³-hybridized carbons (Fsp3) is 0.294. The molecule has 0 N–H and O–H groups in total. The normalized spacial score (nSPS) is 22.9. The average molecular weight is 334 g/mol. The molecule has 0 saturated carbocycles. The minimum absolute atomic E-state index is 0.0275. The van der Waals surface area contributed by atoms with Crippen LogP contribution in [0.4, 0.5) is 10.1 Å². The number of imide groups is 1. The van der Waals surface area contributed by atoms with Crippen molar-refractivity contribution in [3.05, 3.63) is 35.1 Å². The molecule has 1 fully saturated rings. The van der Waals surface area contributed by atoms with Crippen molar-refractivity contribution >= 4 is 29.1 Å². The van der Waals surface area contributed by atoms with Crippen molar-refractivity contribution < 1.29 is 18.7 Å². The number of hydrogen-bond acceptors (Lipinski definition) is 3. The molecule has 1 saturated heterocycles. The number of carbonyl (C=O) groups excluding carboxylic acids is 2. The van der Waals surface area contributed by atoms with E-state index in [1.165, 1.54) is 6.07 Å². The van der Waals surface area contributed by atoms with Gasteiger partial charge in [0.05, 0.1) is 22.5 Å². The monoisotopic (exact) mass is 333 g/mol. The number of anilines is 1. The molecule has 1 aliphatic carbocycles. The van der Waals surface area contributed by atoms with Crippen molar-refractivity contribution in [1.29, 1.82) is 0 Å². The molecule has 23 heavy (non-hydrogen) atoms. The Bertz CT molecular complexity index is 727. The van der Waals surface area contributed by atoms with Crippen LogP contribution in [0.25, 0.3) is 0 Å². The second-order valence-electron chi connectivity index (χ2n) is 5.39. The number of hydrogen-bond donors (Lipinski definition) is 0. The molecular weight excluding hydrogens is 321 g/mol. The number of carbonyl (C=O) groups is 2. The molecule has 1 aromatic carbocycles. The molecule has 3 rings (SSSR count). The Kier molecular flexibility index (Phi) is 4.10. The number of halogens is 2. The molecule has 1 heterocycles. The summed E-state index contributed by atoms with van der Waals surface area (Å²) < 4.78 is 19.5. The van der Waals surface area contributed by atoms with E-state index in [-0.39, 0.29) is 23.1 Å². The van der Waals surface area contributed by atoms with Crippen molar-refractivity contribution in [3.8, 4) is 18.1 Å². The summed E-state index contributed by atoms with van der Waals surface area (Å²) in [7, 11) is 0. The van der Waals surface area contributed by atoms with Crippen molar-refractivity contribution in [2.75, 3.05) is 11.5 Å². The van der Waals surface area contributed by atoms with Crippen molar-refractivity contribution in [2.45, 2.75) is 12.8 Å². The molecule has 0 radical (unpaired) electrons. The fourth-order valence-corrected chi connectivity index (χ4v) is 3.16. The van der Waals surface area contributed by atoms with Gasteiger partial charge in [-0.05, 0) is 18.9 Å². The second-order valence-corrected chi connectivity index (χ2v) is 5.80. The lowest BCUT2D eigenvalue weighted by Gasteiger charge is -2.17. The average Bonchev–Trinajstić information content (AvgIpc) is 2.79. The van der Waals surface area contributed by atoms with E-state index in [1.54, 1.807) is 0 Å². The molecule has 1 aromatic rings. The van der Waals surface area contributed by atoms with Crippen LogP contribution in [0, 0.1) is 30.0 Å². The van der Waals surface area contributed by atoms with Crippen LogP contribution in [0.15, 0.2) is 24.3 Å². The Morgan fingerprint density at radius 3 is 2.43 bits per heavy atom. The number of fused-ring (bicyclic) bond motifs is 1. The summed E-state index contributed by atoms with van der Waals surface area (Å²) in [6, 6.07) is 2.26.